The largest absolute Gasteiger partial charge is 0.465 e. The van der Waals surface area contributed by atoms with Gasteiger partial charge < -0.3 is 15.8 Å². The highest BCUT2D eigenvalue weighted by atomic mass is 16.5. The van der Waals surface area contributed by atoms with Gasteiger partial charge in [0.05, 0.1) is 12.7 Å². The Bertz CT molecular complexity index is 621. The summed E-state index contributed by atoms with van der Waals surface area (Å²) in [5.74, 6) is -0.397. The number of nitrogens with one attached hydrogen (secondary N) is 1. The SMILES string of the molecule is CCc1ccc(CNc2ccc(N)cc2C(=O)OC)cc1. The first-order valence-corrected chi connectivity index (χ1v) is 6.93. The number of hydrogen-bond acceptors (Lipinski definition) is 4. The van der Waals surface area contributed by atoms with Gasteiger partial charge in [-0.15, -0.1) is 0 Å². The van der Waals surface area contributed by atoms with Gasteiger partial charge in [0.25, 0.3) is 0 Å². The Morgan fingerprint density at radius 3 is 2.43 bits per heavy atom. The monoisotopic (exact) mass is 284 g/mol. The van der Waals surface area contributed by atoms with E-state index in [0.717, 1.165) is 17.7 Å². The van der Waals surface area contributed by atoms with Crippen LogP contribution in [0.5, 0.6) is 0 Å². The Morgan fingerprint density at radius 1 is 1.14 bits per heavy atom. The molecular formula is C17H20N2O2. The van der Waals surface area contributed by atoms with Crippen LogP contribution >= 0.6 is 0 Å². The van der Waals surface area contributed by atoms with Gasteiger partial charge in [0, 0.05) is 17.9 Å². The van der Waals surface area contributed by atoms with E-state index in [1.54, 1.807) is 18.2 Å². The van der Waals surface area contributed by atoms with Gasteiger partial charge in [0.15, 0.2) is 0 Å². The van der Waals surface area contributed by atoms with E-state index in [1.165, 1.54) is 12.7 Å². The number of ether oxygens (including phenoxy) is 1. The molecule has 0 aliphatic rings. The van der Waals surface area contributed by atoms with Gasteiger partial charge in [0.2, 0.25) is 0 Å². The highest BCUT2D eigenvalue weighted by Crippen LogP contribution is 2.20. The molecule has 110 valence electrons. The van der Waals surface area contributed by atoms with E-state index in [2.05, 4.69) is 36.5 Å². The van der Waals surface area contributed by atoms with Gasteiger partial charge >= 0.3 is 5.97 Å². The van der Waals surface area contributed by atoms with Gasteiger partial charge in [-0.25, -0.2) is 4.79 Å². The summed E-state index contributed by atoms with van der Waals surface area (Å²) in [6.07, 6.45) is 1.03. The second-order valence-corrected chi connectivity index (χ2v) is 4.82. The first-order valence-electron chi connectivity index (χ1n) is 6.93. The first kappa shape index (κ1) is 14.9. The summed E-state index contributed by atoms with van der Waals surface area (Å²) in [4.78, 5) is 11.8. The number of anilines is 2. The molecule has 2 aromatic rings. The average molecular weight is 284 g/mol. The second kappa shape index (κ2) is 6.79. The molecule has 2 rings (SSSR count). The van der Waals surface area contributed by atoms with Gasteiger partial charge in [-0.3, -0.25) is 0 Å². The van der Waals surface area contributed by atoms with E-state index in [-0.39, 0.29) is 0 Å². The number of aryl methyl sites for hydroxylation is 1. The molecule has 21 heavy (non-hydrogen) atoms. The molecule has 0 aliphatic heterocycles. The summed E-state index contributed by atoms with van der Waals surface area (Å²) < 4.78 is 4.78. The third kappa shape index (κ3) is 3.75. The zero-order valence-corrected chi connectivity index (χ0v) is 12.3. The lowest BCUT2D eigenvalue weighted by molar-refractivity contribution is 0.0602. The second-order valence-electron chi connectivity index (χ2n) is 4.82. The van der Waals surface area contributed by atoms with Crippen molar-refractivity contribution in [2.45, 2.75) is 19.9 Å². The highest BCUT2D eigenvalue weighted by Gasteiger charge is 2.12. The molecular weight excluding hydrogens is 264 g/mol. The van der Waals surface area contributed by atoms with Crippen LogP contribution in [0.25, 0.3) is 0 Å². The van der Waals surface area contributed by atoms with Crippen LogP contribution < -0.4 is 11.1 Å². The minimum atomic E-state index is -0.397. The van der Waals surface area contributed by atoms with Gasteiger partial charge in [-0.2, -0.15) is 0 Å². The predicted octanol–water partition coefficient (Wildman–Crippen LogP) is 3.23. The summed E-state index contributed by atoms with van der Waals surface area (Å²) in [6, 6.07) is 13.6. The maximum absolute atomic E-state index is 11.8. The van der Waals surface area contributed by atoms with Crippen LogP contribution in [0.1, 0.15) is 28.4 Å². The lowest BCUT2D eigenvalue weighted by atomic mass is 10.1. The molecule has 0 radical (unpaired) electrons. The van der Waals surface area contributed by atoms with Gasteiger partial charge in [-0.05, 0) is 35.7 Å². The molecule has 0 amide bonds. The van der Waals surface area contributed by atoms with Crippen molar-refractivity contribution in [3.63, 3.8) is 0 Å². The van der Waals surface area contributed by atoms with Crippen LogP contribution in [0.4, 0.5) is 11.4 Å². The van der Waals surface area contributed by atoms with Crippen molar-refractivity contribution in [3.8, 4) is 0 Å². The third-order valence-corrected chi connectivity index (χ3v) is 3.36. The van der Waals surface area contributed by atoms with Crippen molar-refractivity contribution in [2.24, 2.45) is 0 Å². The Hall–Kier alpha value is -2.49. The number of hydrogen-bond donors (Lipinski definition) is 2. The summed E-state index contributed by atoms with van der Waals surface area (Å²) in [5.41, 5.74) is 9.88. The normalized spacial score (nSPS) is 10.2. The van der Waals surface area contributed by atoms with Crippen molar-refractivity contribution in [1.29, 1.82) is 0 Å². The molecule has 0 unspecified atom stereocenters. The van der Waals surface area contributed by atoms with E-state index in [9.17, 15) is 4.79 Å². The van der Waals surface area contributed by atoms with Crippen molar-refractivity contribution >= 4 is 17.3 Å². The molecule has 0 aliphatic carbocycles. The Kier molecular flexibility index (Phi) is 4.82. The molecule has 0 heterocycles. The molecule has 4 nitrogen and oxygen atoms in total. The van der Waals surface area contributed by atoms with E-state index in [4.69, 9.17) is 10.5 Å². The average Bonchev–Trinajstić information content (AvgIpc) is 2.53. The van der Waals surface area contributed by atoms with Crippen molar-refractivity contribution in [2.75, 3.05) is 18.2 Å². The molecule has 0 bridgehead atoms. The summed E-state index contributed by atoms with van der Waals surface area (Å²) in [6.45, 7) is 2.77. The lowest BCUT2D eigenvalue weighted by Gasteiger charge is -2.12. The molecule has 0 saturated heterocycles. The fourth-order valence-electron chi connectivity index (χ4n) is 2.08. The van der Waals surface area contributed by atoms with Crippen LogP contribution in [-0.4, -0.2) is 13.1 Å². The number of carbonyl (C=O) groups is 1. The van der Waals surface area contributed by atoms with E-state index >= 15 is 0 Å². The Labute approximate surface area is 124 Å². The molecule has 0 atom stereocenters. The summed E-state index contributed by atoms with van der Waals surface area (Å²) in [5, 5.41) is 3.25. The fraction of sp³-hybridized carbons (Fsp3) is 0.235. The Morgan fingerprint density at radius 2 is 1.81 bits per heavy atom. The van der Waals surface area contributed by atoms with Crippen LogP contribution in [0.2, 0.25) is 0 Å². The molecule has 0 spiro atoms. The van der Waals surface area contributed by atoms with Crippen molar-refractivity contribution < 1.29 is 9.53 Å². The molecule has 0 aromatic heterocycles. The van der Waals surface area contributed by atoms with Crippen LogP contribution in [0.3, 0.4) is 0 Å². The predicted molar refractivity (Wildman–Crippen MR) is 85.3 cm³/mol. The smallest absolute Gasteiger partial charge is 0.340 e. The highest BCUT2D eigenvalue weighted by molar-refractivity contribution is 5.96. The summed E-state index contributed by atoms with van der Waals surface area (Å²) >= 11 is 0. The minimum Gasteiger partial charge on any atom is -0.465 e. The molecule has 2 aromatic carbocycles. The van der Waals surface area contributed by atoms with Gasteiger partial charge in [-0.1, -0.05) is 31.2 Å². The molecule has 0 fully saturated rings. The number of carbonyl (C=O) groups excluding carboxylic acids is 1. The van der Waals surface area contributed by atoms with Crippen molar-refractivity contribution in [1.82, 2.24) is 0 Å². The first-order chi connectivity index (χ1) is 10.1. The quantitative estimate of drug-likeness (QED) is 0.653. The maximum Gasteiger partial charge on any atom is 0.340 e. The zero-order valence-electron chi connectivity index (χ0n) is 12.3. The Balaban J connectivity index is 2.13. The fourth-order valence-corrected chi connectivity index (χ4v) is 2.08. The number of esters is 1. The minimum absolute atomic E-state index is 0.397. The third-order valence-electron chi connectivity index (χ3n) is 3.36. The zero-order chi connectivity index (χ0) is 15.2. The maximum atomic E-state index is 11.8. The van der Waals surface area contributed by atoms with Crippen LogP contribution in [-0.2, 0) is 17.7 Å². The number of benzene rings is 2. The number of nitrogen functional groups attached to an aromatic ring is 1. The van der Waals surface area contributed by atoms with E-state index < -0.39 is 5.97 Å². The van der Waals surface area contributed by atoms with Crippen LogP contribution in [0.15, 0.2) is 42.5 Å². The summed E-state index contributed by atoms with van der Waals surface area (Å²) in [7, 11) is 1.36. The molecule has 0 saturated carbocycles. The lowest BCUT2D eigenvalue weighted by Crippen LogP contribution is -2.09. The van der Waals surface area contributed by atoms with Gasteiger partial charge in [0.1, 0.15) is 0 Å². The number of methoxy groups -OCH3 is 1. The van der Waals surface area contributed by atoms with Crippen LogP contribution in [0, 0.1) is 0 Å². The van der Waals surface area contributed by atoms with E-state index in [1.807, 2.05) is 0 Å². The molecule has 4 heteroatoms. The standard InChI is InChI=1S/C17H20N2O2/c1-3-12-4-6-13(7-5-12)11-19-16-9-8-14(18)10-15(16)17(20)21-2/h4-10,19H,3,11,18H2,1-2H3. The molecule has 3 N–H and O–H groups in total. The van der Waals surface area contributed by atoms with Crippen molar-refractivity contribution in [3.05, 3.63) is 59.2 Å². The number of rotatable bonds is 5. The van der Waals surface area contributed by atoms with E-state index in [0.29, 0.717) is 17.8 Å². The number of nitrogens with two attached hydrogens (primary N) is 1. The topological polar surface area (TPSA) is 64.3 Å².